The van der Waals surface area contributed by atoms with Crippen LogP contribution in [0.2, 0.25) is 0 Å². The van der Waals surface area contributed by atoms with Crippen molar-refractivity contribution in [2.75, 3.05) is 13.1 Å². The number of carbonyl (C=O) groups excluding carboxylic acids is 1. The number of carboxylic acids is 1. The lowest BCUT2D eigenvalue weighted by molar-refractivity contribution is -0.138. The van der Waals surface area contributed by atoms with E-state index in [0.717, 1.165) is 32.2 Å². The highest BCUT2D eigenvalue weighted by Crippen LogP contribution is 2.25. The van der Waals surface area contributed by atoms with Crippen molar-refractivity contribution in [1.29, 1.82) is 0 Å². The van der Waals surface area contributed by atoms with E-state index in [1.807, 2.05) is 4.90 Å². The second-order valence-electron chi connectivity index (χ2n) is 5.76. The molecule has 2 atom stereocenters. The van der Waals surface area contributed by atoms with E-state index in [4.69, 9.17) is 5.11 Å². The zero-order valence-corrected chi connectivity index (χ0v) is 11.7. The number of amides is 2. The maximum absolute atomic E-state index is 12.6. The zero-order valence-electron chi connectivity index (χ0n) is 11.7. The Morgan fingerprint density at radius 3 is 2.53 bits per heavy atom. The molecule has 2 saturated heterocycles. The molecule has 2 rings (SSSR count). The van der Waals surface area contributed by atoms with Crippen LogP contribution < -0.4 is 0 Å². The van der Waals surface area contributed by atoms with Gasteiger partial charge in [0.1, 0.15) is 0 Å². The number of hydrogen-bond donors (Lipinski definition) is 1. The Labute approximate surface area is 114 Å². The van der Waals surface area contributed by atoms with E-state index in [-0.39, 0.29) is 24.5 Å². The molecule has 5 nitrogen and oxygen atoms in total. The van der Waals surface area contributed by atoms with E-state index in [1.165, 1.54) is 12.8 Å². The molecule has 2 amide bonds. The first-order chi connectivity index (χ1) is 9.09. The molecule has 0 aromatic heterocycles. The molecule has 2 aliphatic heterocycles. The maximum Gasteiger partial charge on any atom is 0.320 e. The number of rotatable bonds is 2. The quantitative estimate of drug-likeness (QED) is 0.836. The van der Waals surface area contributed by atoms with Crippen molar-refractivity contribution in [3.8, 4) is 0 Å². The molecule has 0 aromatic rings. The van der Waals surface area contributed by atoms with Crippen LogP contribution in [0.3, 0.4) is 0 Å². The second kappa shape index (κ2) is 6.26. The van der Waals surface area contributed by atoms with Crippen molar-refractivity contribution in [3.63, 3.8) is 0 Å². The molecular formula is C14H24N2O3. The van der Waals surface area contributed by atoms with E-state index in [0.29, 0.717) is 6.54 Å². The summed E-state index contributed by atoms with van der Waals surface area (Å²) in [6, 6.07) is 0.222. The molecule has 0 aliphatic carbocycles. The molecular weight excluding hydrogens is 244 g/mol. The molecule has 2 unspecified atom stereocenters. The van der Waals surface area contributed by atoms with Crippen LogP contribution in [0.5, 0.6) is 0 Å². The number of nitrogens with zero attached hydrogens (tertiary/aromatic N) is 2. The monoisotopic (exact) mass is 268 g/mol. The number of carbonyl (C=O) groups is 2. The summed E-state index contributed by atoms with van der Waals surface area (Å²) < 4.78 is 0. The Balaban J connectivity index is 2.02. The topological polar surface area (TPSA) is 60.9 Å². The molecule has 5 heteroatoms. The Morgan fingerprint density at radius 2 is 1.79 bits per heavy atom. The maximum atomic E-state index is 12.6. The number of carboxylic acid groups (broad SMARTS) is 1. The van der Waals surface area contributed by atoms with E-state index in [9.17, 15) is 9.59 Å². The van der Waals surface area contributed by atoms with Crippen LogP contribution >= 0.6 is 0 Å². The van der Waals surface area contributed by atoms with E-state index in [2.05, 4.69) is 6.92 Å². The van der Waals surface area contributed by atoms with Crippen molar-refractivity contribution in [3.05, 3.63) is 0 Å². The Hall–Kier alpha value is -1.26. The average molecular weight is 268 g/mol. The first kappa shape index (κ1) is 14.2. The van der Waals surface area contributed by atoms with Crippen molar-refractivity contribution in [2.45, 2.75) is 64.0 Å². The number of aliphatic carboxylic acids is 1. The molecule has 0 aromatic carbocycles. The van der Waals surface area contributed by atoms with Gasteiger partial charge in [-0.3, -0.25) is 4.79 Å². The third-order valence-electron chi connectivity index (χ3n) is 4.33. The molecule has 0 saturated carbocycles. The number of likely N-dealkylation sites (tertiary alicyclic amines) is 2. The van der Waals surface area contributed by atoms with Crippen LogP contribution in [0.15, 0.2) is 0 Å². The van der Waals surface area contributed by atoms with Gasteiger partial charge in [-0.2, -0.15) is 0 Å². The van der Waals surface area contributed by atoms with Gasteiger partial charge in [-0.25, -0.2) is 4.79 Å². The first-order valence-corrected chi connectivity index (χ1v) is 7.38. The van der Waals surface area contributed by atoms with Gasteiger partial charge in [0.25, 0.3) is 0 Å². The van der Waals surface area contributed by atoms with Gasteiger partial charge < -0.3 is 14.9 Å². The van der Waals surface area contributed by atoms with Gasteiger partial charge in [-0.15, -0.1) is 0 Å². The van der Waals surface area contributed by atoms with Gasteiger partial charge in [-0.05, 0) is 32.6 Å². The van der Waals surface area contributed by atoms with Gasteiger partial charge in [0, 0.05) is 25.2 Å². The van der Waals surface area contributed by atoms with Crippen LogP contribution in [0.1, 0.15) is 51.9 Å². The van der Waals surface area contributed by atoms with Crippen molar-refractivity contribution in [1.82, 2.24) is 9.80 Å². The summed E-state index contributed by atoms with van der Waals surface area (Å²) in [6.45, 7) is 3.63. The Bertz CT molecular complexity index is 346. The normalized spacial score (nSPS) is 28.3. The molecule has 108 valence electrons. The van der Waals surface area contributed by atoms with Crippen LogP contribution in [0, 0.1) is 0 Å². The predicted octanol–water partition coefficient (Wildman–Crippen LogP) is 2.31. The summed E-state index contributed by atoms with van der Waals surface area (Å²) in [5, 5.41) is 8.93. The summed E-state index contributed by atoms with van der Waals surface area (Å²) >= 11 is 0. The van der Waals surface area contributed by atoms with Gasteiger partial charge in [0.15, 0.2) is 0 Å². The fraction of sp³-hybridized carbons (Fsp3) is 0.857. The third kappa shape index (κ3) is 3.39. The molecule has 19 heavy (non-hydrogen) atoms. The first-order valence-electron chi connectivity index (χ1n) is 7.38. The second-order valence-corrected chi connectivity index (χ2v) is 5.76. The lowest BCUT2D eigenvalue weighted by Gasteiger charge is -2.34. The molecule has 0 radical (unpaired) electrons. The summed E-state index contributed by atoms with van der Waals surface area (Å²) in [6.07, 6.45) is 6.31. The lowest BCUT2D eigenvalue weighted by Crippen LogP contribution is -2.49. The van der Waals surface area contributed by atoms with Gasteiger partial charge in [0.2, 0.25) is 0 Å². The lowest BCUT2D eigenvalue weighted by atomic mass is 10.1. The number of urea groups is 1. The molecule has 2 heterocycles. The van der Waals surface area contributed by atoms with Crippen LogP contribution in [-0.2, 0) is 4.79 Å². The van der Waals surface area contributed by atoms with Crippen molar-refractivity contribution in [2.24, 2.45) is 0 Å². The SMILES string of the molecule is CC1CCCCCN1C(=O)N1CCCC1CC(=O)O. The standard InChI is InChI=1S/C14H24N2O3/c1-11-6-3-2-4-8-15(11)14(19)16-9-5-7-12(16)10-13(17)18/h11-12H,2-10H2,1H3,(H,17,18). The number of hydrogen-bond acceptors (Lipinski definition) is 2. The summed E-state index contributed by atoms with van der Waals surface area (Å²) in [7, 11) is 0. The minimum atomic E-state index is -0.811. The average Bonchev–Trinajstić information content (AvgIpc) is 2.69. The van der Waals surface area contributed by atoms with E-state index in [1.54, 1.807) is 4.90 Å². The molecule has 0 bridgehead atoms. The summed E-state index contributed by atoms with van der Waals surface area (Å²) in [5.41, 5.74) is 0. The molecule has 1 N–H and O–H groups in total. The van der Waals surface area contributed by atoms with Gasteiger partial charge in [-0.1, -0.05) is 12.8 Å². The van der Waals surface area contributed by atoms with Gasteiger partial charge in [0.05, 0.1) is 6.42 Å². The van der Waals surface area contributed by atoms with Crippen molar-refractivity contribution < 1.29 is 14.7 Å². The van der Waals surface area contributed by atoms with E-state index >= 15 is 0 Å². The minimum Gasteiger partial charge on any atom is -0.481 e. The fourth-order valence-electron chi connectivity index (χ4n) is 3.23. The Kier molecular flexibility index (Phi) is 4.66. The van der Waals surface area contributed by atoms with Crippen LogP contribution in [0.4, 0.5) is 4.79 Å². The van der Waals surface area contributed by atoms with E-state index < -0.39 is 5.97 Å². The fourth-order valence-corrected chi connectivity index (χ4v) is 3.23. The minimum absolute atomic E-state index is 0.0538. The highest BCUT2D eigenvalue weighted by molar-refractivity contribution is 5.77. The smallest absolute Gasteiger partial charge is 0.320 e. The Morgan fingerprint density at radius 1 is 1.05 bits per heavy atom. The molecule has 2 aliphatic rings. The van der Waals surface area contributed by atoms with Crippen molar-refractivity contribution >= 4 is 12.0 Å². The largest absolute Gasteiger partial charge is 0.481 e. The van der Waals surface area contributed by atoms with Crippen LogP contribution in [0.25, 0.3) is 0 Å². The highest BCUT2D eigenvalue weighted by atomic mass is 16.4. The molecule has 2 fully saturated rings. The highest BCUT2D eigenvalue weighted by Gasteiger charge is 2.34. The zero-order chi connectivity index (χ0) is 13.8. The third-order valence-corrected chi connectivity index (χ3v) is 4.33. The van der Waals surface area contributed by atoms with Gasteiger partial charge >= 0.3 is 12.0 Å². The molecule has 0 spiro atoms. The predicted molar refractivity (Wildman–Crippen MR) is 72.0 cm³/mol. The van der Waals surface area contributed by atoms with Crippen LogP contribution in [-0.4, -0.2) is 52.1 Å². The summed E-state index contributed by atoms with van der Waals surface area (Å²) in [5.74, 6) is -0.811. The summed E-state index contributed by atoms with van der Waals surface area (Å²) in [4.78, 5) is 27.2.